The number of aliphatic imine (C=N–C) groups is 1. The monoisotopic (exact) mass is 250 g/mol. The van der Waals surface area contributed by atoms with Crippen LogP contribution in [0.2, 0.25) is 0 Å². The van der Waals surface area contributed by atoms with E-state index < -0.39 is 0 Å². The number of methoxy groups -OCH3 is 2. The highest BCUT2D eigenvalue weighted by molar-refractivity contribution is 5.82. The number of nitrogens with zero attached hydrogens (tertiary/aromatic N) is 1. The third-order valence-corrected chi connectivity index (χ3v) is 2.73. The molecular weight excluding hydrogens is 228 g/mol. The van der Waals surface area contributed by atoms with Crippen LogP contribution in [0.1, 0.15) is 19.4 Å². The highest BCUT2D eigenvalue weighted by Crippen LogP contribution is 2.27. The fourth-order valence-corrected chi connectivity index (χ4v) is 1.53. The van der Waals surface area contributed by atoms with E-state index in [1.54, 1.807) is 14.2 Å². The molecule has 0 unspecified atom stereocenters. The minimum absolute atomic E-state index is 0.301. The Morgan fingerprint density at radius 1 is 1.22 bits per heavy atom. The molecular formula is C14H22N2O2. The summed E-state index contributed by atoms with van der Waals surface area (Å²) in [6.45, 7) is 4.77. The van der Waals surface area contributed by atoms with Crippen LogP contribution < -0.4 is 15.2 Å². The molecule has 0 heterocycles. The molecule has 0 fully saturated rings. The largest absolute Gasteiger partial charge is 0.493 e. The fraction of sp³-hybridized carbons (Fsp3) is 0.500. The summed E-state index contributed by atoms with van der Waals surface area (Å²) in [6.07, 6.45) is 0.841. The Morgan fingerprint density at radius 2 is 1.89 bits per heavy atom. The van der Waals surface area contributed by atoms with Crippen LogP contribution in [-0.4, -0.2) is 26.6 Å². The molecule has 0 radical (unpaired) electrons. The van der Waals surface area contributed by atoms with Gasteiger partial charge in [0.05, 0.1) is 20.1 Å². The molecule has 0 saturated carbocycles. The van der Waals surface area contributed by atoms with E-state index in [9.17, 15) is 0 Å². The second-order valence-corrected chi connectivity index (χ2v) is 4.40. The molecule has 0 aliphatic heterocycles. The molecule has 0 aliphatic rings. The second-order valence-electron chi connectivity index (χ2n) is 4.40. The zero-order valence-corrected chi connectivity index (χ0v) is 11.6. The number of hydrogen-bond donors (Lipinski definition) is 1. The van der Waals surface area contributed by atoms with Crippen molar-refractivity contribution in [2.24, 2.45) is 16.6 Å². The molecule has 1 aromatic rings. The Balaban J connectivity index is 2.66. The van der Waals surface area contributed by atoms with Gasteiger partial charge >= 0.3 is 0 Å². The fourth-order valence-electron chi connectivity index (χ4n) is 1.53. The van der Waals surface area contributed by atoms with Crippen LogP contribution in [0, 0.1) is 5.92 Å². The van der Waals surface area contributed by atoms with E-state index in [-0.39, 0.29) is 0 Å². The zero-order valence-electron chi connectivity index (χ0n) is 11.6. The summed E-state index contributed by atoms with van der Waals surface area (Å²) in [5.41, 5.74) is 6.95. The number of ether oxygens (including phenoxy) is 2. The quantitative estimate of drug-likeness (QED) is 0.622. The lowest BCUT2D eigenvalue weighted by atomic mass is 10.1. The van der Waals surface area contributed by atoms with Crippen LogP contribution in [-0.2, 0) is 6.42 Å². The third kappa shape index (κ3) is 3.95. The molecule has 18 heavy (non-hydrogen) atoms. The van der Waals surface area contributed by atoms with E-state index in [4.69, 9.17) is 15.2 Å². The summed E-state index contributed by atoms with van der Waals surface area (Å²) in [5, 5.41) is 0. The van der Waals surface area contributed by atoms with Crippen LogP contribution in [0.15, 0.2) is 23.2 Å². The molecule has 1 aromatic carbocycles. The van der Waals surface area contributed by atoms with Crippen LogP contribution in [0.4, 0.5) is 0 Å². The van der Waals surface area contributed by atoms with Gasteiger partial charge in [-0.15, -0.1) is 0 Å². The smallest absolute Gasteiger partial charge is 0.160 e. The van der Waals surface area contributed by atoms with Crippen LogP contribution in [0.5, 0.6) is 11.5 Å². The molecule has 1 rings (SSSR count). The molecule has 2 N–H and O–H groups in total. The first-order valence-corrected chi connectivity index (χ1v) is 6.09. The normalized spacial score (nSPS) is 11.7. The number of benzene rings is 1. The maximum absolute atomic E-state index is 5.79. The Bertz CT molecular complexity index is 414. The van der Waals surface area contributed by atoms with Gasteiger partial charge in [0.25, 0.3) is 0 Å². The van der Waals surface area contributed by atoms with Crippen molar-refractivity contribution >= 4 is 5.84 Å². The predicted molar refractivity (Wildman–Crippen MR) is 74.6 cm³/mol. The topological polar surface area (TPSA) is 56.8 Å². The molecule has 0 spiro atoms. The van der Waals surface area contributed by atoms with Crippen molar-refractivity contribution < 1.29 is 9.47 Å². The third-order valence-electron chi connectivity index (χ3n) is 2.73. The van der Waals surface area contributed by atoms with E-state index in [2.05, 4.69) is 4.99 Å². The first kappa shape index (κ1) is 14.4. The van der Waals surface area contributed by atoms with Gasteiger partial charge in [0.2, 0.25) is 0 Å². The van der Waals surface area contributed by atoms with Crippen molar-refractivity contribution in [3.8, 4) is 11.5 Å². The molecule has 0 saturated heterocycles. The molecule has 0 amide bonds. The highest BCUT2D eigenvalue weighted by atomic mass is 16.5. The lowest BCUT2D eigenvalue weighted by Gasteiger charge is -2.09. The average molecular weight is 250 g/mol. The molecule has 0 aliphatic carbocycles. The summed E-state index contributed by atoms with van der Waals surface area (Å²) in [6, 6.07) is 5.89. The van der Waals surface area contributed by atoms with Gasteiger partial charge in [0.15, 0.2) is 11.5 Å². The standard InChI is InChI=1S/C14H22N2O2/c1-10(2)14(15)16-8-7-11-5-6-12(17-3)13(9-11)18-4/h5-6,9-10H,7-8H2,1-4H3,(H2,15,16). The maximum Gasteiger partial charge on any atom is 0.160 e. The second kappa shape index (κ2) is 6.89. The van der Waals surface area contributed by atoms with Crippen LogP contribution in [0.25, 0.3) is 0 Å². The number of rotatable bonds is 6. The summed E-state index contributed by atoms with van der Waals surface area (Å²) in [4.78, 5) is 4.34. The van der Waals surface area contributed by atoms with Crippen LogP contribution in [0.3, 0.4) is 0 Å². The van der Waals surface area contributed by atoms with Crippen molar-refractivity contribution in [1.82, 2.24) is 0 Å². The van der Waals surface area contributed by atoms with E-state index >= 15 is 0 Å². The Hall–Kier alpha value is -1.71. The number of hydrogen-bond acceptors (Lipinski definition) is 3. The Kier molecular flexibility index (Phi) is 5.49. The summed E-state index contributed by atoms with van der Waals surface area (Å²) in [5.74, 6) is 2.49. The van der Waals surface area contributed by atoms with E-state index in [0.29, 0.717) is 18.3 Å². The summed E-state index contributed by atoms with van der Waals surface area (Å²) in [7, 11) is 3.27. The summed E-state index contributed by atoms with van der Waals surface area (Å²) < 4.78 is 10.4. The van der Waals surface area contributed by atoms with Crippen molar-refractivity contribution in [1.29, 1.82) is 0 Å². The van der Waals surface area contributed by atoms with Gasteiger partial charge < -0.3 is 15.2 Å². The van der Waals surface area contributed by atoms with Gasteiger partial charge in [0, 0.05) is 12.5 Å². The van der Waals surface area contributed by atoms with Crippen molar-refractivity contribution in [3.05, 3.63) is 23.8 Å². The lowest BCUT2D eigenvalue weighted by Crippen LogP contribution is -2.19. The lowest BCUT2D eigenvalue weighted by molar-refractivity contribution is 0.354. The molecule has 100 valence electrons. The Labute approximate surface area is 109 Å². The van der Waals surface area contributed by atoms with Gasteiger partial charge in [0.1, 0.15) is 0 Å². The minimum Gasteiger partial charge on any atom is -0.493 e. The first-order chi connectivity index (χ1) is 8.58. The van der Waals surface area contributed by atoms with Crippen LogP contribution >= 0.6 is 0 Å². The molecule has 0 aromatic heterocycles. The van der Waals surface area contributed by atoms with E-state index in [0.717, 1.165) is 23.5 Å². The molecule has 4 heteroatoms. The minimum atomic E-state index is 0.301. The number of nitrogens with two attached hydrogens (primary N) is 1. The van der Waals surface area contributed by atoms with Crippen molar-refractivity contribution in [2.75, 3.05) is 20.8 Å². The van der Waals surface area contributed by atoms with Crippen molar-refractivity contribution in [2.45, 2.75) is 20.3 Å². The average Bonchev–Trinajstić information content (AvgIpc) is 2.38. The van der Waals surface area contributed by atoms with Gasteiger partial charge in [-0.1, -0.05) is 19.9 Å². The number of amidine groups is 1. The molecule has 4 nitrogen and oxygen atoms in total. The van der Waals surface area contributed by atoms with E-state index in [1.807, 2.05) is 32.0 Å². The van der Waals surface area contributed by atoms with Crippen molar-refractivity contribution in [3.63, 3.8) is 0 Å². The first-order valence-electron chi connectivity index (χ1n) is 6.09. The Morgan fingerprint density at radius 3 is 2.44 bits per heavy atom. The maximum atomic E-state index is 5.79. The van der Waals surface area contributed by atoms with Gasteiger partial charge in [-0.25, -0.2) is 0 Å². The SMILES string of the molecule is COc1ccc(CCN=C(N)C(C)C)cc1OC. The van der Waals surface area contributed by atoms with Gasteiger partial charge in [-0.05, 0) is 24.1 Å². The predicted octanol–water partition coefficient (Wildman–Crippen LogP) is 2.26. The van der Waals surface area contributed by atoms with E-state index in [1.165, 1.54) is 0 Å². The zero-order chi connectivity index (χ0) is 13.5. The summed E-state index contributed by atoms with van der Waals surface area (Å²) >= 11 is 0. The van der Waals surface area contributed by atoms with Gasteiger partial charge in [-0.3, -0.25) is 4.99 Å². The molecule has 0 atom stereocenters. The molecule has 0 bridgehead atoms. The highest BCUT2D eigenvalue weighted by Gasteiger charge is 2.04. The van der Waals surface area contributed by atoms with Gasteiger partial charge in [-0.2, -0.15) is 0 Å².